The first-order valence-corrected chi connectivity index (χ1v) is 7.87. The average molecular weight is 336 g/mol. The first-order chi connectivity index (χ1) is 10.9. The quantitative estimate of drug-likeness (QED) is 0.648. The van der Waals surface area contributed by atoms with E-state index in [1.807, 2.05) is 0 Å². The number of hydrogen-bond acceptors (Lipinski definition) is 3. The maximum Gasteiger partial charge on any atom is 0.416 e. The lowest BCUT2D eigenvalue weighted by Crippen LogP contribution is -2.14. The Hall–Kier alpha value is -2.28. The van der Waals surface area contributed by atoms with Crippen LogP contribution in [0.1, 0.15) is 15.9 Å². The second-order valence-electron chi connectivity index (χ2n) is 4.81. The standard InChI is InChI=1S/C16H11F3N2OS/c1-23-15-20-12-7-2-3-8-13(12)21(15)14(22)10-5-4-6-11(9-10)16(17,18)19/h2-9H,1H3. The molecule has 0 aliphatic carbocycles. The maximum absolute atomic E-state index is 12.8. The topological polar surface area (TPSA) is 34.9 Å². The summed E-state index contributed by atoms with van der Waals surface area (Å²) < 4.78 is 39.9. The molecule has 0 fully saturated rings. The van der Waals surface area contributed by atoms with Crippen molar-refractivity contribution in [1.29, 1.82) is 0 Å². The SMILES string of the molecule is CSc1nc2ccccc2n1C(=O)c1cccc(C(F)(F)F)c1. The molecule has 3 rings (SSSR count). The summed E-state index contributed by atoms with van der Waals surface area (Å²) in [5, 5.41) is 0.439. The van der Waals surface area contributed by atoms with Gasteiger partial charge in [0.05, 0.1) is 16.6 Å². The van der Waals surface area contributed by atoms with E-state index < -0.39 is 17.6 Å². The highest BCUT2D eigenvalue weighted by atomic mass is 32.2. The smallest absolute Gasteiger partial charge is 0.268 e. The Balaban J connectivity index is 2.14. The molecule has 0 saturated heterocycles. The number of imidazole rings is 1. The highest BCUT2D eigenvalue weighted by Crippen LogP contribution is 2.30. The van der Waals surface area contributed by atoms with Crippen molar-refractivity contribution < 1.29 is 18.0 Å². The first kappa shape index (κ1) is 15.6. The number of para-hydroxylation sites is 2. The Morgan fingerprint density at radius 1 is 1.13 bits per heavy atom. The number of benzene rings is 2. The van der Waals surface area contributed by atoms with Gasteiger partial charge < -0.3 is 0 Å². The molecule has 0 bridgehead atoms. The molecule has 23 heavy (non-hydrogen) atoms. The summed E-state index contributed by atoms with van der Waals surface area (Å²) in [6.07, 6.45) is -2.73. The number of hydrogen-bond donors (Lipinski definition) is 0. The molecule has 0 radical (unpaired) electrons. The van der Waals surface area contributed by atoms with Gasteiger partial charge in [0.2, 0.25) is 0 Å². The molecule has 0 atom stereocenters. The van der Waals surface area contributed by atoms with Gasteiger partial charge in [0.15, 0.2) is 5.16 Å². The van der Waals surface area contributed by atoms with Crippen LogP contribution in [0.25, 0.3) is 11.0 Å². The summed E-state index contributed by atoms with van der Waals surface area (Å²) in [6, 6.07) is 11.4. The van der Waals surface area contributed by atoms with Crippen molar-refractivity contribution >= 4 is 28.7 Å². The molecule has 1 heterocycles. The molecule has 0 aliphatic rings. The number of thioether (sulfide) groups is 1. The van der Waals surface area contributed by atoms with Crippen LogP contribution >= 0.6 is 11.8 Å². The summed E-state index contributed by atoms with van der Waals surface area (Å²) in [5.74, 6) is -0.533. The molecule has 7 heteroatoms. The van der Waals surface area contributed by atoms with Crippen LogP contribution in [-0.4, -0.2) is 21.7 Å². The maximum atomic E-state index is 12.8. The second kappa shape index (κ2) is 5.73. The zero-order valence-corrected chi connectivity index (χ0v) is 12.8. The molecule has 0 unspecified atom stereocenters. The zero-order chi connectivity index (χ0) is 16.6. The summed E-state index contributed by atoms with van der Waals surface area (Å²) in [5.41, 5.74) is 0.313. The van der Waals surface area contributed by atoms with Gasteiger partial charge in [0, 0.05) is 5.56 Å². The van der Waals surface area contributed by atoms with Gasteiger partial charge >= 0.3 is 6.18 Å². The summed E-state index contributed by atoms with van der Waals surface area (Å²) in [7, 11) is 0. The minimum absolute atomic E-state index is 0.0294. The van der Waals surface area contributed by atoms with Gasteiger partial charge in [-0.15, -0.1) is 0 Å². The van der Waals surface area contributed by atoms with Crippen LogP contribution in [0.4, 0.5) is 13.2 Å². The minimum Gasteiger partial charge on any atom is -0.268 e. The third-order valence-corrected chi connectivity index (χ3v) is 3.99. The summed E-state index contributed by atoms with van der Waals surface area (Å²) in [6.45, 7) is 0. The zero-order valence-electron chi connectivity index (χ0n) is 12.0. The van der Waals surface area contributed by atoms with E-state index in [2.05, 4.69) is 4.98 Å². The molecule has 0 amide bonds. The summed E-state index contributed by atoms with van der Waals surface area (Å²) in [4.78, 5) is 17.1. The van der Waals surface area contributed by atoms with Crippen LogP contribution in [0.5, 0.6) is 0 Å². The van der Waals surface area contributed by atoms with Crippen molar-refractivity contribution in [2.75, 3.05) is 6.26 Å². The molecule has 2 aromatic carbocycles. The highest BCUT2D eigenvalue weighted by molar-refractivity contribution is 7.98. The third kappa shape index (κ3) is 2.84. The van der Waals surface area contributed by atoms with Gasteiger partial charge in [-0.05, 0) is 36.6 Å². The normalized spacial score (nSPS) is 11.8. The predicted octanol–water partition coefficient (Wildman–Crippen LogP) is 4.47. The predicted molar refractivity (Wildman–Crippen MR) is 82.7 cm³/mol. The van der Waals surface area contributed by atoms with Gasteiger partial charge in [-0.3, -0.25) is 9.36 Å². The van der Waals surface area contributed by atoms with E-state index in [1.54, 1.807) is 30.5 Å². The number of carbonyl (C=O) groups excluding carboxylic acids is 1. The number of carbonyl (C=O) groups is 1. The van der Waals surface area contributed by atoms with Gasteiger partial charge in [-0.25, -0.2) is 4.98 Å². The molecule has 1 aromatic heterocycles. The highest BCUT2D eigenvalue weighted by Gasteiger charge is 2.31. The van der Waals surface area contributed by atoms with Crippen LogP contribution in [-0.2, 0) is 6.18 Å². The van der Waals surface area contributed by atoms with Crippen molar-refractivity contribution in [1.82, 2.24) is 9.55 Å². The van der Waals surface area contributed by atoms with Gasteiger partial charge in [-0.2, -0.15) is 13.2 Å². The van der Waals surface area contributed by atoms with Crippen molar-refractivity contribution in [3.63, 3.8) is 0 Å². The number of alkyl halides is 3. The fourth-order valence-corrected chi connectivity index (χ4v) is 2.85. The fourth-order valence-electron chi connectivity index (χ4n) is 2.29. The van der Waals surface area contributed by atoms with Gasteiger partial charge in [-0.1, -0.05) is 30.0 Å². The molecular weight excluding hydrogens is 325 g/mol. The molecule has 0 saturated carbocycles. The minimum atomic E-state index is -4.49. The van der Waals surface area contributed by atoms with E-state index >= 15 is 0 Å². The van der Waals surface area contributed by atoms with Crippen molar-refractivity contribution in [3.05, 3.63) is 59.7 Å². The average Bonchev–Trinajstić information content (AvgIpc) is 2.92. The monoisotopic (exact) mass is 336 g/mol. The third-order valence-electron chi connectivity index (χ3n) is 3.35. The van der Waals surface area contributed by atoms with E-state index in [4.69, 9.17) is 0 Å². The Labute approximate surface area is 134 Å². The van der Waals surface area contributed by atoms with Crippen LogP contribution in [0, 0.1) is 0 Å². The number of fused-ring (bicyclic) bond motifs is 1. The molecule has 0 spiro atoms. The van der Waals surface area contributed by atoms with Crippen molar-refractivity contribution in [2.45, 2.75) is 11.3 Å². The molecule has 3 nitrogen and oxygen atoms in total. The lowest BCUT2D eigenvalue weighted by atomic mass is 10.1. The van der Waals surface area contributed by atoms with E-state index in [1.165, 1.54) is 28.5 Å². The fraction of sp³-hybridized carbons (Fsp3) is 0.125. The van der Waals surface area contributed by atoms with E-state index in [0.29, 0.717) is 16.2 Å². The second-order valence-corrected chi connectivity index (χ2v) is 5.58. The number of nitrogens with zero attached hydrogens (tertiary/aromatic N) is 2. The largest absolute Gasteiger partial charge is 0.416 e. The van der Waals surface area contributed by atoms with Crippen LogP contribution < -0.4 is 0 Å². The number of rotatable bonds is 2. The van der Waals surface area contributed by atoms with E-state index in [-0.39, 0.29) is 5.56 Å². The van der Waals surface area contributed by atoms with E-state index in [0.717, 1.165) is 12.1 Å². The lowest BCUT2D eigenvalue weighted by molar-refractivity contribution is -0.137. The van der Waals surface area contributed by atoms with Crippen LogP contribution in [0.2, 0.25) is 0 Å². The first-order valence-electron chi connectivity index (χ1n) is 6.65. The molecular formula is C16H11F3N2OS. The Morgan fingerprint density at radius 3 is 2.57 bits per heavy atom. The summed E-state index contributed by atoms with van der Waals surface area (Å²) >= 11 is 1.26. The lowest BCUT2D eigenvalue weighted by Gasteiger charge is -2.10. The Morgan fingerprint density at radius 2 is 1.87 bits per heavy atom. The van der Waals surface area contributed by atoms with E-state index in [9.17, 15) is 18.0 Å². The van der Waals surface area contributed by atoms with Crippen LogP contribution in [0.3, 0.4) is 0 Å². The Kier molecular flexibility index (Phi) is 3.89. The number of halogens is 3. The Bertz CT molecular complexity index is 886. The molecule has 3 aromatic rings. The van der Waals surface area contributed by atoms with Crippen LogP contribution in [0.15, 0.2) is 53.7 Å². The number of aromatic nitrogens is 2. The van der Waals surface area contributed by atoms with Crippen molar-refractivity contribution in [3.8, 4) is 0 Å². The van der Waals surface area contributed by atoms with Gasteiger partial charge in [0.25, 0.3) is 5.91 Å². The van der Waals surface area contributed by atoms with Crippen molar-refractivity contribution in [2.24, 2.45) is 0 Å². The molecule has 0 aliphatic heterocycles. The molecule has 118 valence electrons. The molecule has 0 N–H and O–H groups in total. The van der Waals surface area contributed by atoms with Gasteiger partial charge in [0.1, 0.15) is 0 Å².